The van der Waals surface area contributed by atoms with E-state index in [1.807, 2.05) is 20.8 Å². The van der Waals surface area contributed by atoms with E-state index in [1.54, 1.807) is 30.1 Å². The van der Waals surface area contributed by atoms with Gasteiger partial charge in [-0.1, -0.05) is 6.07 Å². The molecule has 0 spiro atoms. The van der Waals surface area contributed by atoms with E-state index in [-0.39, 0.29) is 24.9 Å². The van der Waals surface area contributed by atoms with Crippen molar-refractivity contribution in [2.75, 3.05) is 26.0 Å². The molecule has 0 aliphatic carbocycles. The molecule has 1 aromatic carbocycles. The van der Waals surface area contributed by atoms with Crippen molar-refractivity contribution in [3.8, 4) is 0 Å². The summed E-state index contributed by atoms with van der Waals surface area (Å²) >= 11 is 0. The van der Waals surface area contributed by atoms with Crippen LogP contribution in [-0.4, -0.2) is 59.5 Å². The third-order valence-electron chi connectivity index (χ3n) is 3.82. The van der Waals surface area contributed by atoms with Gasteiger partial charge in [0, 0.05) is 37.9 Å². The molecule has 0 aromatic heterocycles. The first kappa shape index (κ1) is 19.5. The number of hydrogen-bond acceptors (Lipinski definition) is 3. The van der Waals surface area contributed by atoms with Crippen molar-refractivity contribution in [1.82, 2.24) is 9.80 Å². The number of rotatable bonds is 6. The molecule has 2 N–H and O–H groups in total. The number of nitrogens with one attached hydrogen (secondary N) is 1. The van der Waals surface area contributed by atoms with Gasteiger partial charge in [0.1, 0.15) is 0 Å². The second kappa shape index (κ2) is 8.33. The van der Waals surface area contributed by atoms with Gasteiger partial charge < -0.3 is 20.2 Å². The molecule has 132 valence electrons. The summed E-state index contributed by atoms with van der Waals surface area (Å²) < 4.78 is 0. The smallest absolute Gasteiger partial charge is 0.321 e. The van der Waals surface area contributed by atoms with Crippen molar-refractivity contribution in [2.45, 2.75) is 33.2 Å². The average Bonchev–Trinajstić information content (AvgIpc) is 2.52. The minimum absolute atomic E-state index is 0.0669. The van der Waals surface area contributed by atoms with E-state index in [4.69, 9.17) is 5.11 Å². The fourth-order valence-corrected chi connectivity index (χ4v) is 1.94. The number of carboxylic acid groups (broad SMARTS) is 1. The van der Waals surface area contributed by atoms with Gasteiger partial charge in [-0.25, -0.2) is 4.79 Å². The zero-order chi connectivity index (χ0) is 18.4. The van der Waals surface area contributed by atoms with Crippen molar-refractivity contribution >= 4 is 23.6 Å². The third kappa shape index (κ3) is 5.26. The molecule has 0 fully saturated rings. The first-order chi connectivity index (χ1) is 11.1. The first-order valence-corrected chi connectivity index (χ1v) is 7.75. The SMILES string of the molecule is Cc1ccc(NC(=O)N(C)CCC(=O)O)cc1C(=O)N(C)C(C)C. The van der Waals surface area contributed by atoms with Gasteiger partial charge in [0.2, 0.25) is 0 Å². The molecule has 0 unspecified atom stereocenters. The number of urea groups is 1. The summed E-state index contributed by atoms with van der Waals surface area (Å²) in [7, 11) is 3.25. The van der Waals surface area contributed by atoms with Crippen molar-refractivity contribution in [3.63, 3.8) is 0 Å². The molecule has 24 heavy (non-hydrogen) atoms. The number of amides is 3. The van der Waals surface area contributed by atoms with Crippen LogP contribution in [0.1, 0.15) is 36.2 Å². The molecule has 7 heteroatoms. The van der Waals surface area contributed by atoms with Crippen molar-refractivity contribution in [3.05, 3.63) is 29.3 Å². The van der Waals surface area contributed by atoms with Gasteiger partial charge in [-0.15, -0.1) is 0 Å². The van der Waals surface area contributed by atoms with Crippen LogP contribution in [0.3, 0.4) is 0 Å². The van der Waals surface area contributed by atoms with E-state index in [0.29, 0.717) is 11.3 Å². The quantitative estimate of drug-likeness (QED) is 0.835. The minimum atomic E-state index is -0.963. The molecule has 1 aromatic rings. The zero-order valence-electron chi connectivity index (χ0n) is 14.8. The number of anilines is 1. The first-order valence-electron chi connectivity index (χ1n) is 7.75. The fourth-order valence-electron chi connectivity index (χ4n) is 1.94. The van der Waals surface area contributed by atoms with Crippen LogP contribution >= 0.6 is 0 Å². The highest BCUT2D eigenvalue weighted by molar-refractivity contribution is 5.98. The molecule has 1 rings (SSSR count). The van der Waals surface area contributed by atoms with E-state index in [1.165, 1.54) is 11.9 Å². The Morgan fingerprint density at radius 1 is 1.21 bits per heavy atom. The predicted molar refractivity (Wildman–Crippen MR) is 92.3 cm³/mol. The Labute approximate surface area is 142 Å². The molecule has 0 radical (unpaired) electrons. The Hall–Kier alpha value is -2.57. The number of carbonyl (C=O) groups excluding carboxylic acids is 2. The van der Waals surface area contributed by atoms with Gasteiger partial charge in [0.25, 0.3) is 5.91 Å². The average molecular weight is 335 g/mol. The second-order valence-corrected chi connectivity index (χ2v) is 6.03. The monoisotopic (exact) mass is 335 g/mol. The topological polar surface area (TPSA) is 90.0 Å². The summed E-state index contributed by atoms with van der Waals surface area (Å²) in [6, 6.07) is 4.77. The molecule has 0 saturated heterocycles. The highest BCUT2D eigenvalue weighted by Gasteiger charge is 2.18. The second-order valence-electron chi connectivity index (χ2n) is 6.03. The van der Waals surface area contributed by atoms with Gasteiger partial charge in [-0.05, 0) is 38.5 Å². The number of carbonyl (C=O) groups is 3. The number of benzene rings is 1. The molecule has 0 aliphatic heterocycles. The van der Waals surface area contributed by atoms with Crippen molar-refractivity contribution in [2.24, 2.45) is 0 Å². The van der Waals surface area contributed by atoms with Gasteiger partial charge >= 0.3 is 12.0 Å². The number of nitrogens with zero attached hydrogens (tertiary/aromatic N) is 2. The Balaban J connectivity index is 2.87. The molecular formula is C17H25N3O4. The molecule has 0 atom stereocenters. The summed E-state index contributed by atoms with van der Waals surface area (Å²) in [4.78, 5) is 38.0. The lowest BCUT2D eigenvalue weighted by Gasteiger charge is -2.23. The lowest BCUT2D eigenvalue weighted by Crippen LogP contribution is -2.34. The van der Waals surface area contributed by atoms with Gasteiger partial charge in [-0.2, -0.15) is 0 Å². The van der Waals surface area contributed by atoms with Crippen molar-refractivity contribution in [1.29, 1.82) is 0 Å². The van der Waals surface area contributed by atoms with Crippen LogP contribution < -0.4 is 5.32 Å². The molecule has 3 amide bonds. The Morgan fingerprint density at radius 3 is 2.38 bits per heavy atom. The standard InChI is InChI=1S/C17H25N3O4/c1-11(2)20(5)16(23)14-10-13(7-6-12(14)3)18-17(24)19(4)9-8-15(21)22/h6-7,10-11H,8-9H2,1-5H3,(H,18,24)(H,21,22). The third-order valence-corrected chi connectivity index (χ3v) is 3.82. The maximum atomic E-state index is 12.5. The number of aliphatic carboxylic acids is 1. The van der Waals surface area contributed by atoms with E-state index in [2.05, 4.69) is 5.32 Å². The predicted octanol–water partition coefficient (Wildman–Crippen LogP) is 2.41. The van der Waals surface area contributed by atoms with Crippen LogP contribution in [0.4, 0.5) is 10.5 Å². The summed E-state index contributed by atoms with van der Waals surface area (Å²) in [5.74, 6) is -1.08. The van der Waals surface area contributed by atoms with Gasteiger partial charge in [0.05, 0.1) is 6.42 Å². The van der Waals surface area contributed by atoms with E-state index in [0.717, 1.165) is 5.56 Å². The largest absolute Gasteiger partial charge is 0.481 e. The lowest BCUT2D eigenvalue weighted by molar-refractivity contribution is -0.137. The highest BCUT2D eigenvalue weighted by atomic mass is 16.4. The minimum Gasteiger partial charge on any atom is -0.481 e. The highest BCUT2D eigenvalue weighted by Crippen LogP contribution is 2.18. The fraction of sp³-hybridized carbons (Fsp3) is 0.471. The van der Waals surface area contributed by atoms with E-state index < -0.39 is 12.0 Å². The van der Waals surface area contributed by atoms with Crippen molar-refractivity contribution < 1.29 is 19.5 Å². The molecule has 7 nitrogen and oxygen atoms in total. The van der Waals surface area contributed by atoms with E-state index >= 15 is 0 Å². The Kier molecular flexibility index (Phi) is 6.76. The number of hydrogen-bond donors (Lipinski definition) is 2. The molecular weight excluding hydrogens is 310 g/mol. The summed E-state index contributed by atoms with van der Waals surface area (Å²) in [5.41, 5.74) is 1.84. The normalized spacial score (nSPS) is 10.4. The maximum absolute atomic E-state index is 12.5. The molecule has 0 bridgehead atoms. The zero-order valence-corrected chi connectivity index (χ0v) is 14.8. The molecule has 0 aliphatic rings. The van der Waals surface area contributed by atoms with Gasteiger partial charge in [0.15, 0.2) is 0 Å². The van der Waals surface area contributed by atoms with E-state index in [9.17, 15) is 14.4 Å². The molecule has 0 heterocycles. The van der Waals surface area contributed by atoms with Gasteiger partial charge in [-0.3, -0.25) is 9.59 Å². The Bertz CT molecular complexity index is 628. The van der Waals surface area contributed by atoms with Crippen LogP contribution in [0.25, 0.3) is 0 Å². The van der Waals surface area contributed by atoms with Crippen LogP contribution in [0.5, 0.6) is 0 Å². The summed E-state index contributed by atoms with van der Waals surface area (Å²) in [6.07, 6.45) is -0.124. The van der Waals surface area contributed by atoms with Crippen LogP contribution in [0.15, 0.2) is 18.2 Å². The summed E-state index contributed by atoms with van der Waals surface area (Å²) in [5, 5.41) is 11.3. The number of carboxylic acids is 1. The van der Waals surface area contributed by atoms with Crippen LogP contribution in [0, 0.1) is 6.92 Å². The maximum Gasteiger partial charge on any atom is 0.321 e. The lowest BCUT2D eigenvalue weighted by atomic mass is 10.1. The van der Waals surface area contributed by atoms with Crippen LogP contribution in [0.2, 0.25) is 0 Å². The Morgan fingerprint density at radius 2 is 1.83 bits per heavy atom. The molecule has 0 saturated carbocycles. The summed E-state index contributed by atoms with van der Waals surface area (Å²) in [6.45, 7) is 5.80. The van der Waals surface area contributed by atoms with Crippen LogP contribution in [-0.2, 0) is 4.79 Å². The number of aryl methyl sites for hydroxylation is 1.